The van der Waals surface area contributed by atoms with Crippen molar-refractivity contribution in [2.75, 3.05) is 44.3 Å². The topological polar surface area (TPSA) is 61.9 Å². The summed E-state index contributed by atoms with van der Waals surface area (Å²) in [5, 5.41) is 3.02. The lowest BCUT2D eigenvalue weighted by atomic mass is 10.0. The molecule has 176 valence electrons. The molecule has 6 nitrogen and oxygen atoms in total. The van der Waals surface area contributed by atoms with Crippen molar-refractivity contribution in [1.82, 2.24) is 10.2 Å². The standard InChI is InChI=1S/C27H35N3O3/c31-26(28-14-15-29-16-18-33-19-17-29)20-22-10-12-25(13-11-22)30(21-23-6-2-1-3-7-23)27(32)24-8-4-5-9-24/h1-3,6-7,10-13,24H,4-5,8-9,14-21H2,(H,28,31). The highest BCUT2D eigenvalue weighted by Crippen LogP contribution is 2.29. The first kappa shape index (κ1) is 23.5. The maximum atomic E-state index is 13.3. The summed E-state index contributed by atoms with van der Waals surface area (Å²) in [6.07, 6.45) is 4.57. The third-order valence-corrected chi connectivity index (χ3v) is 6.62. The van der Waals surface area contributed by atoms with Gasteiger partial charge in [-0.2, -0.15) is 0 Å². The lowest BCUT2D eigenvalue weighted by Gasteiger charge is -2.26. The Morgan fingerprint density at radius 1 is 0.939 bits per heavy atom. The summed E-state index contributed by atoms with van der Waals surface area (Å²) in [5.41, 5.74) is 2.97. The molecule has 2 aliphatic rings. The predicted octanol–water partition coefficient (Wildman–Crippen LogP) is 3.40. The monoisotopic (exact) mass is 449 g/mol. The minimum atomic E-state index is 0.0270. The van der Waals surface area contributed by atoms with Gasteiger partial charge in [-0.1, -0.05) is 55.3 Å². The van der Waals surface area contributed by atoms with Gasteiger partial charge in [0.05, 0.1) is 26.2 Å². The molecule has 6 heteroatoms. The van der Waals surface area contributed by atoms with Gasteiger partial charge in [0.1, 0.15) is 0 Å². The zero-order valence-corrected chi connectivity index (χ0v) is 19.4. The molecule has 2 amide bonds. The highest BCUT2D eigenvalue weighted by molar-refractivity contribution is 5.95. The lowest BCUT2D eigenvalue weighted by Crippen LogP contribution is -2.41. The highest BCUT2D eigenvalue weighted by atomic mass is 16.5. The molecule has 2 fully saturated rings. The van der Waals surface area contributed by atoms with E-state index in [2.05, 4.69) is 22.3 Å². The minimum absolute atomic E-state index is 0.0270. The normalized spacial score (nSPS) is 17.1. The maximum absolute atomic E-state index is 13.3. The van der Waals surface area contributed by atoms with Gasteiger partial charge >= 0.3 is 0 Å². The molecule has 1 aliphatic heterocycles. The molecule has 2 aromatic rings. The number of carbonyl (C=O) groups excluding carboxylic acids is 2. The lowest BCUT2D eigenvalue weighted by molar-refractivity contribution is -0.122. The van der Waals surface area contributed by atoms with E-state index in [1.807, 2.05) is 47.4 Å². The SMILES string of the molecule is O=C(Cc1ccc(N(Cc2ccccc2)C(=O)C2CCCC2)cc1)NCCN1CCOCC1. The van der Waals surface area contributed by atoms with Crippen molar-refractivity contribution in [2.45, 2.75) is 38.6 Å². The van der Waals surface area contributed by atoms with Crippen LogP contribution in [0.3, 0.4) is 0 Å². The summed E-state index contributed by atoms with van der Waals surface area (Å²) >= 11 is 0. The number of morpholine rings is 1. The van der Waals surface area contributed by atoms with Crippen LogP contribution < -0.4 is 10.2 Å². The van der Waals surface area contributed by atoms with Gasteiger partial charge in [-0.05, 0) is 36.1 Å². The molecular formula is C27H35N3O3. The smallest absolute Gasteiger partial charge is 0.230 e. The van der Waals surface area contributed by atoms with Crippen LogP contribution in [0.4, 0.5) is 5.69 Å². The molecule has 1 heterocycles. The Labute approximate surface area is 196 Å². The molecule has 0 unspecified atom stereocenters. The van der Waals surface area contributed by atoms with E-state index >= 15 is 0 Å². The molecule has 0 atom stereocenters. The molecule has 4 rings (SSSR count). The zero-order valence-electron chi connectivity index (χ0n) is 19.4. The Kier molecular flexibility index (Phi) is 8.50. The first-order valence-corrected chi connectivity index (χ1v) is 12.2. The van der Waals surface area contributed by atoms with Gasteiger partial charge in [0.15, 0.2) is 0 Å². The van der Waals surface area contributed by atoms with Crippen LogP contribution in [-0.2, 0) is 27.3 Å². The number of hydrogen-bond donors (Lipinski definition) is 1. The summed E-state index contributed by atoms with van der Waals surface area (Å²) in [5.74, 6) is 0.356. The second-order valence-corrected chi connectivity index (χ2v) is 9.04. The fraction of sp³-hybridized carbons (Fsp3) is 0.481. The number of amides is 2. The summed E-state index contributed by atoms with van der Waals surface area (Å²) in [7, 11) is 0. The molecule has 0 bridgehead atoms. The Hall–Kier alpha value is -2.70. The number of nitrogens with one attached hydrogen (secondary N) is 1. The molecule has 1 aliphatic carbocycles. The highest BCUT2D eigenvalue weighted by Gasteiger charge is 2.28. The van der Waals surface area contributed by atoms with Crippen molar-refractivity contribution >= 4 is 17.5 Å². The van der Waals surface area contributed by atoms with E-state index in [1.54, 1.807) is 0 Å². The van der Waals surface area contributed by atoms with Crippen LogP contribution in [0.25, 0.3) is 0 Å². The zero-order chi connectivity index (χ0) is 22.9. The van der Waals surface area contributed by atoms with Crippen molar-refractivity contribution in [3.8, 4) is 0 Å². The van der Waals surface area contributed by atoms with Crippen LogP contribution in [0, 0.1) is 5.92 Å². The molecule has 33 heavy (non-hydrogen) atoms. The molecule has 0 spiro atoms. The molecule has 1 saturated carbocycles. The Morgan fingerprint density at radius 3 is 2.33 bits per heavy atom. The van der Waals surface area contributed by atoms with Crippen molar-refractivity contribution in [1.29, 1.82) is 0 Å². The number of anilines is 1. The molecule has 1 saturated heterocycles. The fourth-order valence-electron chi connectivity index (χ4n) is 4.68. The van der Waals surface area contributed by atoms with Gasteiger partial charge < -0.3 is 15.0 Å². The fourth-order valence-corrected chi connectivity index (χ4v) is 4.68. The maximum Gasteiger partial charge on any atom is 0.230 e. The van der Waals surface area contributed by atoms with E-state index in [4.69, 9.17) is 4.74 Å². The Morgan fingerprint density at radius 2 is 1.64 bits per heavy atom. The van der Waals surface area contributed by atoms with Crippen LogP contribution in [0.15, 0.2) is 54.6 Å². The largest absolute Gasteiger partial charge is 0.379 e. The molecule has 1 N–H and O–H groups in total. The number of benzene rings is 2. The average molecular weight is 450 g/mol. The van der Waals surface area contributed by atoms with Crippen LogP contribution >= 0.6 is 0 Å². The number of carbonyl (C=O) groups is 2. The van der Waals surface area contributed by atoms with Crippen LogP contribution in [0.5, 0.6) is 0 Å². The van der Waals surface area contributed by atoms with Gasteiger partial charge in [0, 0.05) is 37.8 Å². The number of ether oxygens (including phenoxy) is 1. The van der Waals surface area contributed by atoms with E-state index in [-0.39, 0.29) is 17.7 Å². The van der Waals surface area contributed by atoms with E-state index < -0.39 is 0 Å². The molecule has 0 aromatic heterocycles. The van der Waals surface area contributed by atoms with Crippen molar-refractivity contribution < 1.29 is 14.3 Å². The molecular weight excluding hydrogens is 414 g/mol. The van der Waals surface area contributed by atoms with Crippen molar-refractivity contribution in [3.05, 3.63) is 65.7 Å². The van der Waals surface area contributed by atoms with Gasteiger partial charge in [-0.25, -0.2) is 0 Å². The summed E-state index contributed by atoms with van der Waals surface area (Å²) in [4.78, 5) is 29.9. The second kappa shape index (κ2) is 12.0. The third kappa shape index (κ3) is 6.89. The molecule has 2 aromatic carbocycles. The van der Waals surface area contributed by atoms with Crippen molar-refractivity contribution in [3.63, 3.8) is 0 Å². The minimum Gasteiger partial charge on any atom is -0.379 e. The second-order valence-electron chi connectivity index (χ2n) is 9.04. The van der Waals surface area contributed by atoms with Crippen LogP contribution in [-0.4, -0.2) is 56.1 Å². The van der Waals surface area contributed by atoms with Gasteiger partial charge in [-0.3, -0.25) is 14.5 Å². The van der Waals surface area contributed by atoms with Gasteiger partial charge in [0.2, 0.25) is 11.8 Å². The summed E-state index contributed by atoms with van der Waals surface area (Å²) in [6, 6.07) is 18.0. The average Bonchev–Trinajstić information content (AvgIpc) is 3.39. The summed E-state index contributed by atoms with van der Waals surface area (Å²) in [6.45, 7) is 5.46. The van der Waals surface area contributed by atoms with Crippen LogP contribution in [0.1, 0.15) is 36.8 Å². The first-order valence-electron chi connectivity index (χ1n) is 12.2. The quantitative estimate of drug-likeness (QED) is 0.637. The summed E-state index contributed by atoms with van der Waals surface area (Å²) < 4.78 is 5.36. The van der Waals surface area contributed by atoms with Gasteiger partial charge in [-0.15, -0.1) is 0 Å². The number of rotatable bonds is 9. The van der Waals surface area contributed by atoms with E-state index in [1.165, 1.54) is 0 Å². The number of nitrogens with zero attached hydrogens (tertiary/aromatic N) is 2. The van der Waals surface area contributed by atoms with E-state index in [0.29, 0.717) is 19.5 Å². The predicted molar refractivity (Wildman–Crippen MR) is 130 cm³/mol. The Bertz CT molecular complexity index is 889. The van der Waals surface area contributed by atoms with E-state index in [9.17, 15) is 9.59 Å². The van der Waals surface area contributed by atoms with Gasteiger partial charge in [0.25, 0.3) is 0 Å². The van der Waals surface area contributed by atoms with Crippen LogP contribution in [0.2, 0.25) is 0 Å². The Balaban J connectivity index is 1.35. The van der Waals surface area contributed by atoms with E-state index in [0.717, 1.165) is 75.3 Å². The first-order chi connectivity index (χ1) is 16.2. The van der Waals surface area contributed by atoms with Crippen molar-refractivity contribution in [2.24, 2.45) is 5.92 Å². The number of hydrogen-bond acceptors (Lipinski definition) is 4. The molecule has 0 radical (unpaired) electrons. The third-order valence-electron chi connectivity index (χ3n) is 6.62.